The van der Waals surface area contributed by atoms with E-state index in [1.165, 1.54) is 67.7 Å². The van der Waals surface area contributed by atoms with Crippen molar-refractivity contribution in [3.63, 3.8) is 0 Å². The van der Waals surface area contributed by atoms with Gasteiger partial charge in [0, 0.05) is 0 Å². The Morgan fingerprint density at radius 2 is 1.40 bits per heavy atom. The van der Waals surface area contributed by atoms with Gasteiger partial charge in [-0.3, -0.25) is 0 Å². The number of allylic oxidation sites excluding steroid dienone is 2. The highest BCUT2D eigenvalue weighted by molar-refractivity contribution is 5.93. The van der Waals surface area contributed by atoms with Crippen LogP contribution in [0.4, 0.5) is 0 Å². The molecule has 2 aromatic rings. The number of hydrogen-bond acceptors (Lipinski definition) is 0. The number of fused-ring (bicyclic) bond motifs is 1. The van der Waals surface area contributed by atoms with Crippen LogP contribution in [0.2, 0.25) is 0 Å². The Kier molecular flexibility index (Phi) is 4.53. The van der Waals surface area contributed by atoms with Crippen LogP contribution in [-0.4, -0.2) is 0 Å². The first-order chi connectivity index (χ1) is 9.95. The summed E-state index contributed by atoms with van der Waals surface area (Å²) in [5.41, 5.74) is 3.03. The molecule has 0 heteroatoms. The van der Waals surface area contributed by atoms with Crippen LogP contribution in [0.15, 0.2) is 48.5 Å². The topological polar surface area (TPSA) is 0 Å². The average molecular weight is 264 g/mol. The fourth-order valence-corrected chi connectivity index (χ4v) is 3.30. The minimum Gasteiger partial charge on any atom is -0.0807 e. The molecule has 20 heavy (non-hydrogen) atoms. The second-order valence-electron chi connectivity index (χ2n) is 5.92. The van der Waals surface area contributed by atoms with E-state index in [0.29, 0.717) is 0 Å². The molecule has 0 saturated carbocycles. The molecule has 0 saturated heterocycles. The van der Waals surface area contributed by atoms with Crippen LogP contribution in [0.3, 0.4) is 0 Å². The van der Waals surface area contributed by atoms with Crippen molar-refractivity contribution in [2.24, 2.45) is 0 Å². The molecule has 0 aromatic heterocycles. The summed E-state index contributed by atoms with van der Waals surface area (Å²) in [6.45, 7) is 0. The maximum atomic E-state index is 2.51. The van der Waals surface area contributed by atoms with E-state index < -0.39 is 0 Å². The third-order valence-electron chi connectivity index (χ3n) is 4.43. The SMILES string of the molecule is C1=C(/c2cccc3ccccc23)CCCCCCCC/1. The number of rotatable bonds is 1. The summed E-state index contributed by atoms with van der Waals surface area (Å²) >= 11 is 0. The maximum Gasteiger partial charge on any atom is -0.0109 e. The van der Waals surface area contributed by atoms with Gasteiger partial charge in [0.05, 0.1) is 0 Å². The lowest BCUT2D eigenvalue weighted by Crippen LogP contribution is -1.91. The van der Waals surface area contributed by atoms with Crippen LogP contribution in [-0.2, 0) is 0 Å². The molecule has 0 radical (unpaired) electrons. The van der Waals surface area contributed by atoms with Crippen molar-refractivity contribution >= 4 is 16.3 Å². The standard InChI is InChI=1S/C20H24/c1-2-4-6-11-17(12-7-5-3-1)20-16-10-14-18-13-8-9-15-19(18)20/h8-11,13-16H,1-7,12H2/b17-11+. The molecule has 0 N–H and O–H groups in total. The van der Waals surface area contributed by atoms with E-state index in [0.717, 1.165) is 0 Å². The van der Waals surface area contributed by atoms with E-state index in [9.17, 15) is 0 Å². The average Bonchev–Trinajstić information content (AvgIpc) is 2.52. The molecule has 0 amide bonds. The molecule has 0 aliphatic heterocycles. The van der Waals surface area contributed by atoms with Crippen molar-refractivity contribution in [1.82, 2.24) is 0 Å². The molecule has 1 aliphatic carbocycles. The van der Waals surface area contributed by atoms with Gasteiger partial charge in [0.25, 0.3) is 0 Å². The van der Waals surface area contributed by atoms with Crippen molar-refractivity contribution in [3.05, 3.63) is 54.1 Å². The smallest absolute Gasteiger partial charge is 0.0109 e. The van der Waals surface area contributed by atoms with Gasteiger partial charge in [0.1, 0.15) is 0 Å². The predicted octanol–water partition coefficient (Wildman–Crippen LogP) is 6.36. The molecule has 0 bridgehead atoms. The van der Waals surface area contributed by atoms with E-state index in [-0.39, 0.29) is 0 Å². The highest BCUT2D eigenvalue weighted by Crippen LogP contribution is 2.30. The van der Waals surface area contributed by atoms with Gasteiger partial charge >= 0.3 is 0 Å². The quantitative estimate of drug-likeness (QED) is 0.562. The zero-order valence-corrected chi connectivity index (χ0v) is 12.3. The third kappa shape index (κ3) is 3.12. The molecule has 0 spiro atoms. The second-order valence-corrected chi connectivity index (χ2v) is 5.92. The molecule has 0 fully saturated rings. The second kappa shape index (κ2) is 6.74. The van der Waals surface area contributed by atoms with Gasteiger partial charge in [0.2, 0.25) is 0 Å². The normalized spacial score (nSPS) is 20.3. The van der Waals surface area contributed by atoms with Crippen molar-refractivity contribution in [2.75, 3.05) is 0 Å². The van der Waals surface area contributed by atoms with E-state index in [1.807, 2.05) is 0 Å². The van der Waals surface area contributed by atoms with Crippen molar-refractivity contribution in [3.8, 4) is 0 Å². The molecule has 0 heterocycles. The summed E-state index contributed by atoms with van der Waals surface area (Å²) < 4.78 is 0. The number of hydrogen-bond donors (Lipinski definition) is 0. The Morgan fingerprint density at radius 3 is 2.35 bits per heavy atom. The van der Waals surface area contributed by atoms with Crippen LogP contribution in [0, 0.1) is 0 Å². The third-order valence-corrected chi connectivity index (χ3v) is 4.43. The van der Waals surface area contributed by atoms with Gasteiger partial charge in [-0.15, -0.1) is 0 Å². The molecule has 0 nitrogen and oxygen atoms in total. The highest BCUT2D eigenvalue weighted by Gasteiger charge is 2.07. The van der Waals surface area contributed by atoms with E-state index in [2.05, 4.69) is 48.5 Å². The lowest BCUT2D eigenvalue weighted by Gasteiger charge is -2.13. The van der Waals surface area contributed by atoms with Crippen LogP contribution in [0.25, 0.3) is 16.3 Å². The zero-order valence-electron chi connectivity index (χ0n) is 12.3. The Bertz CT molecular complexity index is 587. The van der Waals surface area contributed by atoms with E-state index >= 15 is 0 Å². The summed E-state index contributed by atoms with van der Waals surface area (Å²) in [6.07, 6.45) is 13.3. The summed E-state index contributed by atoms with van der Waals surface area (Å²) in [5.74, 6) is 0. The van der Waals surface area contributed by atoms with Crippen molar-refractivity contribution < 1.29 is 0 Å². The Hall–Kier alpha value is -1.56. The summed E-state index contributed by atoms with van der Waals surface area (Å²) in [5, 5.41) is 2.78. The van der Waals surface area contributed by atoms with Crippen molar-refractivity contribution in [1.29, 1.82) is 0 Å². The fourth-order valence-electron chi connectivity index (χ4n) is 3.30. The Labute approximate surface area is 122 Å². The van der Waals surface area contributed by atoms with Crippen LogP contribution in [0.5, 0.6) is 0 Å². The molecular weight excluding hydrogens is 240 g/mol. The number of benzene rings is 2. The monoisotopic (exact) mass is 264 g/mol. The summed E-state index contributed by atoms with van der Waals surface area (Å²) in [4.78, 5) is 0. The van der Waals surface area contributed by atoms with Crippen LogP contribution >= 0.6 is 0 Å². The Balaban J connectivity index is 1.96. The lowest BCUT2D eigenvalue weighted by atomic mass is 9.92. The first-order valence-corrected chi connectivity index (χ1v) is 8.12. The van der Waals surface area contributed by atoms with Crippen molar-refractivity contribution in [2.45, 2.75) is 51.4 Å². The van der Waals surface area contributed by atoms with Gasteiger partial charge in [-0.05, 0) is 47.6 Å². The van der Waals surface area contributed by atoms with Crippen LogP contribution in [0.1, 0.15) is 56.9 Å². The highest BCUT2D eigenvalue weighted by atomic mass is 14.1. The lowest BCUT2D eigenvalue weighted by molar-refractivity contribution is 0.595. The summed E-state index contributed by atoms with van der Waals surface area (Å²) in [6, 6.07) is 15.5. The van der Waals surface area contributed by atoms with Gasteiger partial charge in [-0.25, -0.2) is 0 Å². The maximum absolute atomic E-state index is 2.51. The minimum atomic E-state index is 1.24. The molecular formula is C20H24. The van der Waals surface area contributed by atoms with Gasteiger partial charge in [-0.1, -0.05) is 74.2 Å². The van der Waals surface area contributed by atoms with Gasteiger partial charge in [0.15, 0.2) is 0 Å². The first kappa shape index (κ1) is 13.4. The fraction of sp³-hybridized carbons (Fsp3) is 0.400. The van der Waals surface area contributed by atoms with Gasteiger partial charge < -0.3 is 0 Å². The van der Waals surface area contributed by atoms with Crippen LogP contribution < -0.4 is 0 Å². The molecule has 0 atom stereocenters. The minimum absolute atomic E-state index is 1.24. The van der Waals surface area contributed by atoms with E-state index in [1.54, 1.807) is 5.57 Å². The molecule has 2 aromatic carbocycles. The zero-order chi connectivity index (χ0) is 13.6. The molecule has 1 aliphatic rings. The first-order valence-electron chi connectivity index (χ1n) is 8.12. The van der Waals surface area contributed by atoms with E-state index in [4.69, 9.17) is 0 Å². The predicted molar refractivity (Wildman–Crippen MR) is 88.9 cm³/mol. The molecule has 104 valence electrons. The van der Waals surface area contributed by atoms with Gasteiger partial charge in [-0.2, -0.15) is 0 Å². The molecule has 3 rings (SSSR count). The summed E-state index contributed by atoms with van der Waals surface area (Å²) in [7, 11) is 0. The molecule has 0 unspecified atom stereocenters. The Morgan fingerprint density at radius 1 is 0.650 bits per heavy atom. The largest absolute Gasteiger partial charge is 0.0807 e.